The molecule has 0 aliphatic carbocycles. The third-order valence-electron chi connectivity index (χ3n) is 4.02. The first-order valence-corrected chi connectivity index (χ1v) is 6.15. The molecule has 2 aromatic rings. The van der Waals surface area contributed by atoms with E-state index in [9.17, 15) is 0 Å². The fraction of sp³-hybridized carbons (Fsp3) is 0.500. The lowest BCUT2D eigenvalue weighted by Gasteiger charge is -2.39. The van der Waals surface area contributed by atoms with Crippen LogP contribution in [0.4, 0.5) is 0 Å². The van der Waals surface area contributed by atoms with E-state index in [1.807, 2.05) is 6.20 Å². The number of aryl methyl sites for hydroxylation is 1. The molecule has 0 saturated carbocycles. The van der Waals surface area contributed by atoms with E-state index in [2.05, 4.69) is 48.8 Å². The fourth-order valence-corrected chi connectivity index (χ4v) is 2.64. The molecule has 0 bridgehead atoms. The third kappa shape index (κ3) is 1.57. The molecule has 0 radical (unpaired) electrons. The van der Waals surface area contributed by atoms with Gasteiger partial charge in [0.15, 0.2) is 0 Å². The number of aromatic amines is 1. The maximum Gasteiger partial charge on any atom is 0.137 e. The van der Waals surface area contributed by atoms with E-state index in [0.717, 1.165) is 18.6 Å². The largest absolute Gasteiger partial charge is 0.342 e. The van der Waals surface area contributed by atoms with Crippen LogP contribution in [0.15, 0.2) is 12.3 Å². The molecule has 3 rings (SSSR count). The summed E-state index contributed by atoms with van der Waals surface area (Å²) < 4.78 is 0. The van der Waals surface area contributed by atoms with Gasteiger partial charge in [0, 0.05) is 29.4 Å². The summed E-state index contributed by atoms with van der Waals surface area (Å²) >= 11 is 0. The Morgan fingerprint density at radius 1 is 1.41 bits per heavy atom. The summed E-state index contributed by atoms with van der Waals surface area (Å²) in [6, 6.07) is 2.25. The van der Waals surface area contributed by atoms with Crippen LogP contribution in [-0.4, -0.2) is 27.5 Å². The van der Waals surface area contributed by atoms with Gasteiger partial charge in [-0.3, -0.25) is 4.90 Å². The molecule has 0 aromatic carbocycles. The molecule has 1 aliphatic rings. The Kier molecular flexibility index (Phi) is 2.11. The van der Waals surface area contributed by atoms with Gasteiger partial charge in [-0.15, -0.1) is 0 Å². The molecule has 2 aromatic heterocycles. The van der Waals surface area contributed by atoms with E-state index >= 15 is 0 Å². The van der Waals surface area contributed by atoms with Crippen LogP contribution in [0.3, 0.4) is 0 Å². The zero-order valence-corrected chi connectivity index (χ0v) is 11.0. The van der Waals surface area contributed by atoms with Crippen LogP contribution >= 0.6 is 0 Å². The van der Waals surface area contributed by atoms with Gasteiger partial charge in [-0.25, -0.2) is 4.98 Å². The summed E-state index contributed by atoms with van der Waals surface area (Å²) in [5, 5.41) is 1.31. The monoisotopic (exact) mass is 229 g/mol. The number of pyridine rings is 1. The van der Waals surface area contributed by atoms with Crippen LogP contribution in [0.2, 0.25) is 0 Å². The van der Waals surface area contributed by atoms with Gasteiger partial charge in [0.1, 0.15) is 5.65 Å². The van der Waals surface area contributed by atoms with E-state index in [4.69, 9.17) is 0 Å². The predicted octanol–water partition coefficient (Wildman–Crippen LogP) is 2.64. The van der Waals surface area contributed by atoms with E-state index in [1.54, 1.807) is 0 Å². The molecular weight excluding hydrogens is 210 g/mol. The minimum atomic E-state index is 0.228. The van der Waals surface area contributed by atoms with Gasteiger partial charge in [0.05, 0.1) is 0 Å². The maximum absolute atomic E-state index is 4.48. The van der Waals surface area contributed by atoms with Gasteiger partial charge in [-0.1, -0.05) is 0 Å². The lowest BCUT2D eigenvalue weighted by atomic mass is 9.88. The molecule has 0 unspecified atom stereocenters. The van der Waals surface area contributed by atoms with Crippen LogP contribution in [0.25, 0.3) is 11.0 Å². The number of aromatic nitrogens is 2. The van der Waals surface area contributed by atoms with Crippen LogP contribution in [-0.2, 0) is 13.0 Å². The Hall–Kier alpha value is -1.35. The number of hydrogen-bond acceptors (Lipinski definition) is 2. The molecular formula is C14H19N3. The minimum absolute atomic E-state index is 0.228. The molecule has 0 spiro atoms. The van der Waals surface area contributed by atoms with Gasteiger partial charge < -0.3 is 4.98 Å². The van der Waals surface area contributed by atoms with Crippen molar-refractivity contribution in [3.05, 3.63) is 29.1 Å². The van der Waals surface area contributed by atoms with Crippen molar-refractivity contribution in [1.29, 1.82) is 0 Å². The first kappa shape index (κ1) is 10.8. The smallest absolute Gasteiger partial charge is 0.137 e. The summed E-state index contributed by atoms with van der Waals surface area (Å²) in [4.78, 5) is 10.3. The van der Waals surface area contributed by atoms with Crippen molar-refractivity contribution in [1.82, 2.24) is 14.9 Å². The van der Waals surface area contributed by atoms with Gasteiger partial charge in [0.2, 0.25) is 0 Å². The molecule has 3 heteroatoms. The zero-order valence-electron chi connectivity index (χ0n) is 11.0. The topological polar surface area (TPSA) is 31.9 Å². The molecule has 3 nitrogen and oxygen atoms in total. The minimum Gasteiger partial charge on any atom is -0.342 e. The highest BCUT2D eigenvalue weighted by Gasteiger charge is 2.32. The highest BCUT2D eigenvalue weighted by Crippen LogP contribution is 2.33. The number of hydrogen-bond donors (Lipinski definition) is 1. The van der Waals surface area contributed by atoms with Gasteiger partial charge in [0.25, 0.3) is 0 Å². The van der Waals surface area contributed by atoms with Crippen LogP contribution in [0.1, 0.15) is 30.7 Å². The summed E-state index contributed by atoms with van der Waals surface area (Å²) in [7, 11) is 2.19. The second-order valence-corrected chi connectivity index (χ2v) is 5.84. The number of nitrogens with zero attached hydrogens (tertiary/aromatic N) is 2. The number of nitrogens with one attached hydrogen (secondary N) is 1. The van der Waals surface area contributed by atoms with Gasteiger partial charge in [-0.2, -0.15) is 0 Å². The van der Waals surface area contributed by atoms with E-state index in [1.165, 1.54) is 22.2 Å². The van der Waals surface area contributed by atoms with Crippen LogP contribution < -0.4 is 0 Å². The van der Waals surface area contributed by atoms with Crippen molar-refractivity contribution in [3.63, 3.8) is 0 Å². The maximum atomic E-state index is 4.48. The molecule has 1 aliphatic heterocycles. The molecule has 3 heterocycles. The molecule has 0 fully saturated rings. The quantitative estimate of drug-likeness (QED) is 0.753. The fourth-order valence-electron chi connectivity index (χ4n) is 2.64. The molecule has 90 valence electrons. The lowest BCUT2D eigenvalue weighted by Crippen LogP contribution is -2.45. The van der Waals surface area contributed by atoms with Crippen molar-refractivity contribution >= 4 is 11.0 Å². The zero-order chi connectivity index (χ0) is 12.2. The highest BCUT2D eigenvalue weighted by molar-refractivity contribution is 5.82. The van der Waals surface area contributed by atoms with E-state index < -0.39 is 0 Å². The molecule has 1 N–H and O–H groups in total. The summed E-state index contributed by atoms with van der Waals surface area (Å²) in [6.07, 6.45) is 3.02. The first-order valence-electron chi connectivity index (χ1n) is 6.15. The molecule has 0 atom stereocenters. The number of rotatable bonds is 0. The second kappa shape index (κ2) is 3.33. The van der Waals surface area contributed by atoms with Gasteiger partial charge in [-0.05, 0) is 51.4 Å². The Bertz CT molecular complexity index is 580. The van der Waals surface area contributed by atoms with Crippen molar-refractivity contribution in [2.75, 3.05) is 7.05 Å². The third-order valence-corrected chi connectivity index (χ3v) is 4.02. The number of H-pyrrole nitrogens is 1. The number of fused-ring (bicyclic) bond motifs is 3. The standard InChI is InChI=1S/C14H19N3/c1-9-5-10-11-6-14(2,3)17(4)8-12(11)16-13(10)15-7-9/h5,7H,6,8H2,1-4H3,(H,15,16). The average Bonchev–Trinajstić information content (AvgIpc) is 2.56. The van der Waals surface area contributed by atoms with Crippen LogP contribution in [0, 0.1) is 6.92 Å². The van der Waals surface area contributed by atoms with E-state index in [-0.39, 0.29) is 5.54 Å². The van der Waals surface area contributed by atoms with Crippen molar-refractivity contribution < 1.29 is 0 Å². The highest BCUT2D eigenvalue weighted by atomic mass is 15.2. The Balaban J connectivity index is 2.22. The molecule has 17 heavy (non-hydrogen) atoms. The average molecular weight is 229 g/mol. The Morgan fingerprint density at radius 3 is 2.94 bits per heavy atom. The van der Waals surface area contributed by atoms with E-state index in [0.29, 0.717) is 0 Å². The second-order valence-electron chi connectivity index (χ2n) is 5.84. The molecule has 0 amide bonds. The van der Waals surface area contributed by atoms with Gasteiger partial charge >= 0.3 is 0 Å². The predicted molar refractivity (Wildman–Crippen MR) is 70.1 cm³/mol. The molecule has 0 saturated heterocycles. The Labute approximate surface area is 102 Å². The summed E-state index contributed by atoms with van der Waals surface area (Å²) in [5.74, 6) is 0. The number of likely N-dealkylation sites (N-methyl/N-ethyl adjacent to an activating group) is 1. The Morgan fingerprint density at radius 2 is 2.18 bits per heavy atom. The normalized spacial score (nSPS) is 19.5. The first-order chi connectivity index (χ1) is 7.97. The van der Waals surface area contributed by atoms with Crippen molar-refractivity contribution in [3.8, 4) is 0 Å². The lowest BCUT2D eigenvalue weighted by molar-refractivity contribution is 0.132. The van der Waals surface area contributed by atoms with Crippen molar-refractivity contribution in [2.45, 2.75) is 39.3 Å². The summed E-state index contributed by atoms with van der Waals surface area (Å²) in [6.45, 7) is 7.69. The van der Waals surface area contributed by atoms with Crippen molar-refractivity contribution in [2.24, 2.45) is 0 Å². The SMILES string of the molecule is Cc1cnc2[nH]c3c(c2c1)CC(C)(C)N(C)C3. The summed E-state index contributed by atoms with van der Waals surface area (Å²) in [5.41, 5.74) is 5.29. The van der Waals surface area contributed by atoms with Crippen LogP contribution in [0.5, 0.6) is 0 Å².